The number of nitrogens with zero attached hydrogens (tertiary/aromatic N) is 1. The van der Waals surface area contributed by atoms with E-state index in [0.717, 1.165) is 5.56 Å². The first kappa shape index (κ1) is 17.8. The van der Waals surface area contributed by atoms with Crippen LogP contribution in [0.5, 0.6) is 11.5 Å². The van der Waals surface area contributed by atoms with E-state index in [1.54, 1.807) is 23.1 Å². The van der Waals surface area contributed by atoms with Crippen molar-refractivity contribution in [1.29, 1.82) is 0 Å². The van der Waals surface area contributed by atoms with Crippen molar-refractivity contribution in [2.75, 3.05) is 26.4 Å². The van der Waals surface area contributed by atoms with Crippen LogP contribution in [0.3, 0.4) is 0 Å². The van der Waals surface area contributed by atoms with E-state index in [9.17, 15) is 9.59 Å². The van der Waals surface area contributed by atoms with E-state index in [2.05, 4.69) is 0 Å². The number of esters is 1. The van der Waals surface area contributed by atoms with Crippen LogP contribution in [0.4, 0.5) is 0 Å². The maximum atomic E-state index is 12.4. The van der Waals surface area contributed by atoms with Gasteiger partial charge >= 0.3 is 5.97 Å². The number of hydrogen-bond donors (Lipinski definition) is 0. The van der Waals surface area contributed by atoms with Gasteiger partial charge in [-0.1, -0.05) is 30.3 Å². The molecule has 0 spiro atoms. The molecule has 0 aromatic heterocycles. The van der Waals surface area contributed by atoms with E-state index in [1.165, 1.54) is 0 Å². The van der Waals surface area contributed by atoms with Gasteiger partial charge in [0.1, 0.15) is 13.2 Å². The summed E-state index contributed by atoms with van der Waals surface area (Å²) >= 11 is 0. The summed E-state index contributed by atoms with van der Waals surface area (Å²) in [5.74, 6) is 0.313. The van der Waals surface area contributed by atoms with Crippen LogP contribution >= 0.6 is 0 Å². The highest BCUT2D eigenvalue weighted by atomic mass is 16.6. The van der Waals surface area contributed by atoms with E-state index in [4.69, 9.17) is 14.2 Å². The summed E-state index contributed by atoms with van der Waals surface area (Å²) in [5.41, 5.74) is 1.36. The first-order chi connectivity index (χ1) is 12.7. The van der Waals surface area contributed by atoms with E-state index in [1.807, 2.05) is 37.3 Å². The minimum absolute atomic E-state index is 0.234. The summed E-state index contributed by atoms with van der Waals surface area (Å²) in [6, 6.07) is 14.5. The van der Waals surface area contributed by atoms with Gasteiger partial charge in [0.15, 0.2) is 18.1 Å². The lowest BCUT2D eigenvalue weighted by Gasteiger charge is -2.21. The lowest BCUT2D eigenvalue weighted by atomic mass is 10.2. The SMILES string of the molecule is CCN(Cc1ccccc1)C(=O)COC(=O)c1ccc2c(c1)OCCO2. The molecule has 0 unspecified atom stereocenters. The van der Waals surface area contributed by atoms with Gasteiger partial charge < -0.3 is 19.1 Å². The van der Waals surface area contributed by atoms with Crippen LogP contribution in [0.1, 0.15) is 22.8 Å². The molecule has 26 heavy (non-hydrogen) atoms. The van der Waals surface area contributed by atoms with Crippen LogP contribution < -0.4 is 9.47 Å². The number of fused-ring (bicyclic) bond motifs is 1. The third kappa shape index (κ3) is 4.33. The molecule has 0 aliphatic carbocycles. The molecule has 0 saturated heterocycles. The van der Waals surface area contributed by atoms with Crippen molar-refractivity contribution in [2.24, 2.45) is 0 Å². The molecule has 3 rings (SSSR count). The van der Waals surface area contributed by atoms with Gasteiger partial charge in [0.25, 0.3) is 5.91 Å². The first-order valence-electron chi connectivity index (χ1n) is 8.56. The molecule has 1 aliphatic rings. The maximum Gasteiger partial charge on any atom is 0.338 e. The predicted octanol–water partition coefficient (Wildman–Crippen LogP) is 2.66. The smallest absolute Gasteiger partial charge is 0.338 e. The van der Waals surface area contributed by atoms with Crippen molar-refractivity contribution in [3.05, 3.63) is 59.7 Å². The van der Waals surface area contributed by atoms with E-state index >= 15 is 0 Å². The van der Waals surface area contributed by atoms with Crippen LogP contribution in [0.2, 0.25) is 0 Å². The second-order valence-electron chi connectivity index (χ2n) is 5.83. The fraction of sp³-hybridized carbons (Fsp3) is 0.300. The second-order valence-corrected chi connectivity index (χ2v) is 5.83. The van der Waals surface area contributed by atoms with Crippen LogP contribution in [0.15, 0.2) is 48.5 Å². The number of carbonyl (C=O) groups is 2. The summed E-state index contributed by atoms with van der Waals surface area (Å²) in [6.45, 7) is 3.54. The lowest BCUT2D eigenvalue weighted by Crippen LogP contribution is -2.34. The Labute approximate surface area is 152 Å². The fourth-order valence-corrected chi connectivity index (χ4v) is 2.65. The highest BCUT2D eigenvalue weighted by Gasteiger charge is 2.18. The summed E-state index contributed by atoms with van der Waals surface area (Å²) in [7, 11) is 0. The Morgan fingerprint density at radius 2 is 1.77 bits per heavy atom. The van der Waals surface area contributed by atoms with Crippen molar-refractivity contribution in [3.63, 3.8) is 0 Å². The van der Waals surface area contributed by atoms with Gasteiger partial charge in [0.2, 0.25) is 0 Å². The molecular weight excluding hydrogens is 334 g/mol. The molecule has 0 bridgehead atoms. The number of carbonyl (C=O) groups excluding carboxylic acids is 2. The average Bonchev–Trinajstić information content (AvgIpc) is 2.70. The standard InChI is InChI=1S/C20H21NO5/c1-2-21(13-15-6-4-3-5-7-15)19(22)14-26-20(23)16-8-9-17-18(12-16)25-11-10-24-17/h3-9,12H,2,10-11,13-14H2,1H3. The van der Waals surface area contributed by atoms with Crippen molar-refractivity contribution in [2.45, 2.75) is 13.5 Å². The molecule has 0 N–H and O–H groups in total. The number of hydrogen-bond acceptors (Lipinski definition) is 5. The molecule has 2 aromatic rings. The molecule has 0 saturated carbocycles. The average molecular weight is 355 g/mol. The van der Waals surface area contributed by atoms with Gasteiger partial charge in [-0.3, -0.25) is 4.79 Å². The maximum absolute atomic E-state index is 12.4. The predicted molar refractivity (Wildman–Crippen MR) is 95.2 cm³/mol. The number of rotatable bonds is 6. The molecule has 1 amide bonds. The van der Waals surface area contributed by atoms with Gasteiger partial charge in [-0.05, 0) is 30.7 Å². The number of ether oxygens (including phenoxy) is 3. The van der Waals surface area contributed by atoms with Gasteiger partial charge in [0, 0.05) is 13.1 Å². The largest absolute Gasteiger partial charge is 0.486 e. The Bertz CT molecular complexity index is 775. The van der Waals surface area contributed by atoms with Gasteiger partial charge in [0.05, 0.1) is 5.56 Å². The molecule has 6 nitrogen and oxygen atoms in total. The molecule has 1 aliphatic heterocycles. The Morgan fingerprint density at radius 3 is 2.50 bits per heavy atom. The second kappa shape index (κ2) is 8.38. The Morgan fingerprint density at radius 1 is 1.04 bits per heavy atom. The summed E-state index contributed by atoms with van der Waals surface area (Å²) in [6.07, 6.45) is 0. The van der Waals surface area contributed by atoms with Crippen molar-refractivity contribution in [1.82, 2.24) is 4.90 Å². The van der Waals surface area contributed by atoms with Crippen LogP contribution in [0.25, 0.3) is 0 Å². The summed E-state index contributed by atoms with van der Waals surface area (Å²) < 4.78 is 16.0. The normalized spacial score (nSPS) is 12.3. The minimum Gasteiger partial charge on any atom is -0.486 e. The fourth-order valence-electron chi connectivity index (χ4n) is 2.65. The van der Waals surface area contributed by atoms with Crippen molar-refractivity contribution >= 4 is 11.9 Å². The third-order valence-electron chi connectivity index (χ3n) is 4.06. The highest BCUT2D eigenvalue weighted by Crippen LogP contribution is 2.30. The van der Waals surface area contributed by atoms with E-state index in [0.29, 0.717) is 43.4 Å². The molecule has 1 heterocycles. The molecule has 0 radical (unpaired) electrons. The van der Waals surface area contributed by atoms with Gasteiger partial charge in [-0.2, -0.15) is 0 Å². The van der Waals surface area contributed by atoms with Crippen molar-refractivity contribution in [3.8, 4) is 11.5 Å². The Balaban J connectivity index is 1.57. The van der Waals surface area contributed by atoms with Crippen LogP contribution in [-0.2, 0) is 16.1 Å². The van der Waals surface area contributed by atoms with Gasteiger partial charge in [-0.25, -0.2) is 4.79 Å². The number of likely N-dealkylation sites (N-methyl/N-ethyl adjacent to an activating group) is 1. The summed E-state index contributed by atoms with van der Waals surface area (Å²) in [4.78, 5) is 26.2. The van der Waals surface area contributed by atoms with Gasteiger partial charge in [-0.15, -0.1) is 0 Å². The molecular formula is C20H21NO5. The summed E-state index contributed by atoms with van der Waals surface area (Å²) in [5, 5.41) is 0. The zero-order valence-corrected chi connectivity index (χ0v) is 14.6. The minimum atomic E-state index is -0.564. The first-order valence-corrected chi connectivity index (χ1v) is 8.56. The number of amides is 1. The lowest BCUT2D eigenvalue weighted by molar-refractivity contribution is -0.134. The Kier molecular flexibility index (Phi) is 5.73. The van der Waals surface area contributed by atoms with E-state index < -0.39 is 5.97 Å². The Hall–Kier alpha value is -3.02. The van der Waals surface area contributed by atoms with E-state index in [-0.39, 0.29) is 12.5 Å². The highest BCUT2D eigenvalue weighted by molar-refractivity contribution is 5.92. The molecule has 0 atom stereocenters. The molecule has 6 heteroatoms. The number of benzene rings is 2. The third-order valence-corrected chi connectivity index (χ3v) is 4.06. The molecule has 136 valence electrons. The quantitative estimate of drug-likeness (QED) is 0.746. The molecule has 2 aromatic carbocycles. The van der Waals surface area contributed by atoms with Crippen LogP contribution in [-0.4, -0.2) is 43.1 Å². The molecule has 0 fully saturated rings. The zero-order valence-electron chi connectivity index (χ0n) is 14.6. The topological polar surface area (TPSA) is 65.1 Å². The van der Waals surface area contributed by atoms with Crippen LogP contribution in [0, 0.1) is 0 Å². The monoisotopic (exact) mass is 355 g/mol. The van der Waals surface area contributed by atoms with Crippen molar-refractivity contribution < 1.29 is 23.8 Å². The zero-order chi connectivity index (χ0) is 18.4.